The molecule has 0 radical (unpaired) electrons. The highest BCUT2D eigenvalue weighted by Gasteiger charge is 2.35. The number of methoxy groups -OCH3 is 1. The highest BCUT2D eigenvalue weighted by atomic mass is 16.5. The Bertz CT molecular complexity index is 1260. The minimum atomic E-state index is 0.0375. The molecule has 0 bridgehead atoms. The number of imidazole rings is 1. The van der Waals surface area contributed by atoms with Crippen LogP contribution in [-0.2, 0) is 17.8 Å². The molecule has 0 spiro atoms. The first-order valence-corrected chi connectivity index (χ1v) is 11.1. The molecule has 1 fully saturated rings. The number of fused-ring (bicyclic) bond motifs is 1. The molecule has 32 heavy (non-hydrogen) atoms. The number of nitrogens with zero attached hydrogens (tertiary/aromatic N) is 3. The molecule has 3 aromatic carbocycles. The molecule has 5 nitrogen and oxygen atoms in total. The van der Waals surface area contributed by atoms with Gasteiger partial charge >= 0.3 is 0 Å². The predicted octanol–water partition coefficient (Wildman–Crippen LogP) is 5.18. The maximum absolute atomic E-state index is 13.0. The standard InChI is InChI=1S/C27H27N3O2/c1-3-19-12-14-22(15-13-19)29-18-21(16-26(29)31)27-28-23-9-5-6-10-24(23)30(27)17-20-8-4-7-11-25(20)32-2/h4-15,21H,3,16-18H2,1-2H3/t21-/m0/s1. The molecular formula is C27H27N3O2. The van der Waals surface area contributed by atoms with Gasteiger partial charge < -0.3 is 14.2 Å². The molecule has 0 saturated carbocycles. The summed E-state index contributed by atoms with van der Waals surface area (Å²) in [5.41, 5.74) is 5.36. The zero-order chi connectivity index (χ0) is 22.1. The minimum Gasteiger partial charge on any atom is -0.496 e. The van der Waals surface area contributed by atoms with Gasteiger partial charge in [-0.25, -0.2) is 4.98 Å². The highest BCUT2D eigenvalue weighted by molar-refractivity contribution is 5.96. The summed E-state index contributed by atoms with van der Waals surface area (Å²) < 4.78 is 7.83. The zero-order valence-electron chi connectivity index (χ0n) is 18.5. The largest absolute Gasteiger partial charge is 0.496 e. The van der Waals surface area contributed by atoms with Crippen molar-refractivity contribution in [1.82, 2.24) is 9.55 Å². The average molecular weight is 426 g/mol. The van der Waals surface area contributed by atoms with Crippen LogP contribution < -0.4 is 9.64 Å². The number of aromatic nitrogens is 2. The number of anilines is 1. The van der Waals surface area contributed by atoms with Crippen molar-refractivity contribution in [2.24, 2.45) is 0 Å². The molecule has 0 N–H and O–H groups in total. The van der Waals surface area contributed by atoms with E-state index in [1.165, 1.54) is 5.56 Å². The summed E-state index contributed by atoms with van der Waals surface area (Å²) in [5, 5.41) is 0. The first kappa shape index (κ1) is 20.3. The molecule has 0 aliphatic carbocycles. The fraction of sp³-hybridized carbons (Fsp3) is 0.259. The van der Waals surface area contributed by atoms with E-state index in [9.17, 15) is 4.79 Å². The summed E-state index contributed by atoms with van der Waals surface area (Å²) in [4.78, 5) is 19.8. The summed E-state index contributed by atoms with van der Waals surface area (Å²) in [5.74, 6) is 2.00. The van der Waals surface area contributed by atoms with E-state index < -0.39 is 0 Å². The van der Waals surface area contributed by atoms with Gasteiger partial charge in [0, 0.05) is 30.1 Å². The molecule has 5 rings (SSSR count). The van der Waals surface area contributed by atoms with Crippen molar-refractivity contribution in [3.63, 3.8) is 0 Å². The third-order valence-electron chi connectivity index (χ3n) is 6.35. The summed E-state index contributed by atoms with van der Waals surface area (Å²) in [7, 11) is 1.70. The molecule has 2 heterocycles. The Morgan fingerprint density at radius 1 is 1.00 bits per heavy atom. The van der Waals surface area contributed by atoms with E-state index in [0.717, 1.165) is 40.3 Å². The Morgan fingerprint density at radius 3 is 2.53 bits per heavy atom. The lowest BCUT2D eigenvalue weighted by Gasteiger charge is -2.18. The van der Waals surface area contributed by atoms with Gasteiger partial charge in [0.1, 0.15) is 11.6 Å². The molecular weight excluding hydrogens is 398 g/mol. The van der Waals surface area contributed by atoms with Gasteiger partial charge in [0.2, 0.25) is 5.91 Å². The molecule has 1 atom stereocenters. The number of benzene rings is 3. The number of rotatable bonds is 6. The SMILES string of the molecule is CCc1ccc(N2C[C@@H](c3nc4ccccc4n3Cc3ccccc3OC)CC2=O)cc1. The average Bonchev–Trinajstić information content (AvgIpc) is 3.40. The van der Waals surface area contributed by atoms with Crippen LogP contribution in [0.25, 0.3) is 11.0 Å². The van der Waals surface area contributed by atoms with Crippen LogP contribution in [0.4, 0.5) is 5.69 Å². The Morgan fingerprint density at radius 2 is 1.75 bits per heavy atom. The van der Waals surface area contributed by atoms with Crippen LogP contribution in [0.15, 0.2) is 72.8 Å². The van der Waals surface area contributed by atoms with Crippen molar-refractivity contribution in [3.8, 4) is 5.75 Å². The van der Waals surface area contributed by atoms with Crippen molar-refractivity contribution in [2.75, 3.05) is 18.6 Å². The third kappa shape index (κ3) is 3.64. The van der Waals surface area contributed by atoms with Crippen molar-refractivity contribution < 1.29 is 9.53 Å². The molecule has 4 aromatic rings. The van der Waals surface area contributed by atoms with Crippen LogP contribution in [0, 0.1) is 0 Å². The second kappa shape index (κ2) is 8.50. The van der Waals surface area contributed by atoms with Gasteiger partial charge in [-0.3, -0.25) is 4.79 Å². The Kier molecular flexibility index (Phi) is 5.39. The van der Waals surface area contributed by atoms with Gasteiger partial charge in [0.15, 0.2) is 0 Å². The van der Waals surface area contributed by atoms with Crippen molar-refractivity contribution in [2.45, 2.75) is 32.2 Å². The molecule has 1 aliphatic heterocycles. The number of carbonyl (C=O) groups excluding carboxylic acids is 1. The number of hydrogen-bond acceptors (Lipinski definition) is 3. The van der Waals surface area contributed by atoms with Crippen LogP contribution >= 0.6 is 0 Å². The van der Waals surface area contributed by atoms with Crippen LogP contribution in [0.2, 0.25) is 0 Å². The summed E-state index contributed by atoms with van der Waals surface area (Å²) in [6, 6.07) is 24.6. The van der Waals surface area contributed by atoms with Gasteiger partial charge in [-0.15, -0.1) is 0 Å². The number of hydrogen-bond donors (Lipinski definition) is 0. The topological polar surface area (TPSA) is 47.4 Å². The fourth-order valence-electron chi connectivity index (χ4n) is 4.62. The summed E-state index contributed by atoms with van der Waals surface area (Å²) in [6.45, 7) is 3.42. The monoisotopic (exact) mass is 425 g/mol. The number of carbonyl (C=O) groups is 1. The van der Waals surface area contributed by atoms with E-state index in [1.54, 1.807) is 7.11 Å². The lowest BCUT2D eigenvalue weighted by molar-refractivity contribution is -0.117. The van der Waals surface area contributed by atoms with E-state index in [-0.39, 0.29) is 11.8 Å². The van der Waals surface area contributed by atoms with Crippen LogP contribution in [0.1, 0.15) is 36.2 Å². The number of para-hydroxylation sites is 3. The van der Waals surface area contributed by atoms with Crippen LogP contribution in [0.5, 0.6) is 5.75 Å². The Balaban J connectivity index is 1.51. The number of amides is 1. The highest BCUT2D eigenvalue weighted by Crippen LogP contribution is 2.34. The maximum Gasteiger partial charge on any atom is 0.227 e. The summed E-state index contributed by atoms with van der Waals surface area (Å²) in [6.07, 6.45) is 1.45. The molecule has 5 heteroatoms. The maximum atomic E-state index is 13.0. The Labute approximate surface area is 188 Å². The molecule has 0 unspecified atom stereocenters. The predicted molar refractivity (Wildman–Crippen MR) is 127 cm³/mol. The molecule has 1 aromatic heterocycles. The minimum absolute atomic E-state index is 0.0375. The van der Waals surface area contributed by atoms with Gasteiger partial charge in [-0.2, -0.15) is 0 Å². The Hall–Kier alpha value is -3.60. The second-order valence-electron chi connectivity index (χ2n) is 8.28. The zero-order valence-corrected chi connectivity index (χ0v) is 18.5. The van der Waals surface area contributed by atoms with Gasteiger partial charge in [0.05, 0.1) is 24.7 Å². The van der Waals surface area contributed by atoms with Gasteiger partial charge in [-0.1, -0.05) is 49.4 Å². The van der Waals surface area contributed by atoms with E-state index in [2.05, 4.69) is 47.9 Å². The normalized spacial score (nSPS) is 16.1. The quantitative estimate of drug-likeness (QED) is 0.428. The molecule has 162 valence electrons. The first-order chi connectivity index (χ1) is 15.7. The molecule has 1 amide bonds. The number of ether oxygens (including phenoxy) is 1. The molecule has 1 saturated heterocycles. The van der Waals surface area contributed by atoms with E-state index in [4.69, 9.17) is 9.72 Å². The van der Waals surface area contributed by atoms with E-state index in [0.29, 0.717) is 19.5 Å². The van der Waals surface area contributed by atoms with E-state index >= 15 is 0 Å². The van der Waals surface area contributed by atoms with Crippen molar-refractivity contribution in [3.05, 3.63) is 89.7 Å². The lowest BCUT2D eigenvalue weighted by Crippen LogP contribution is -2.24. The van der Waals surface area contributed by atoms with Gasteiger partial charge in [-0.05, 0) is 42.3 Å². The smallest absolute Gasteiger partial charge is 0.227 e. The molecule has 1 aliphatic rings. The van der Waals surface area contributed by atoms with Crippen LogP contribution in [-0.4, -0.2) is 29.1 Å². The fourth-order valence-corrected chi connectivity index (χ4v) is 4.62. The van der Waals surface area contributed by atoms with Crippen LogP contribution in [0.3, 0.4) is 0 Å². The first-order valence-electron chi connectivity index (χ1n) is 11.1. The second-order valence-corrected chi connectivity index (χ2v) is 8.28. The lowest BCUT2D eigenvalue weighted by atomic mass is 10.1. The third-order valence-corrected chi connectivity index (χ3v) is 6.35. The van der Waals surface area contributed by atoms with Gasteiger partial charge in [0.25, 0.3) is 0 Å². The van der Waals surface area contributed by atoms with Crippen molar-refractivity contribution >= 4 is 22.6 Å². The number of aryl methyl sites for hydroxylation is 1. The van der Waals surface area contributed by atoms with Crippen molar-refractivity contribution in [1.29, 1.82) is 0 Å². The summed E-state index contributed by atoms with van der Waals surface area (Å²) >= 11 is 0. The van der Waals surface area contributed by atoms with E-state index in [1.807, 2.05) is 41.3 Å².